The van der Waals surface area contributed by atoms with Crippen LogP contribution in [0.25, 0.3) is 0 Å². The van der Waals surface area contributed by atoms with Crippen LogP contribution < -0.4 is 9.47 Å². The summed E-state index contributed by atoms with van der Waals surface area (Å²) in [5, 5.41) is 0. The van der Waals surface area contributed by atoms with E-state index in [1.165, 1.54) is 19.3 Å². The topological polar surface area (TPSA) is 35.5 Å². The van der Waals surface area contributed by atoms with Gasteiger partial charge in [0, 0.05) is 6.07 Å². The van der Waals surface area contributed by atoms with E-state index in [0.717, 1.165) is 30.8 Å². The van der Waals surface area contributed by atoms with Crippen molar-refractivity contribution < 1.29 is 14.3 Å². The Bertz CT molecular complexity index is 428. The van der Waals surface area contributed by atoms with Crippen LogP contribution in [0.4, 0.5) is 0 Å². The van der Waals surface area contributed by atoms with Gasteiger partial charge in [0.25, 0.3) is 0 Å². The highest BCUT2D eigenvalue weighted by Gasteiger charge is 2.23. The Kier molecular flexibility index (Phi) is 4.83. The maximum Gasteiger partial charge on any atom is 0.153 e. The molecule has 0 bridgehead atoms. The largest absolute Gasteiger partial charge is 0.497 e. The highest BCUT2D eigenvalue weighted by molar-refractivity contribution is 5.79. The molecule has 1 aromatic carbocycles. The van der Waals surface area contributed by atoms with Gasteiger partial charge in [0.15, 0.2) is 6.29 Å². The molecule has 0 N–H and O–H groups in total. The van der Waals surface area contributed by atoms with Crippen molar-refractivity contribution in [2.45, 2.75) is 45.1 Å². The van der Waals surface area contributed by atoms with Crippen LogP contribution in [-0.2, 0) is 0 Å². The number of carbonyl (C=O) groups excluding carboxylic acids is 1. The summed E-state index contributed by atoms with van der Waals surface area (Å²) in [7, 11) is 1.62. The van der Waals surface area contributed by atoms with Crippen LogP contribution in [0, 0.1) is 5.92 Å². The second-order valence-electron chi connectivity index (χ2n) is 5.20. The Balaban J connectivity index is 2.10. The zero-order valence-electron chi connectivity index (χ0n) is 11.7. The van der Waals surface area contributed by atoms with Crippen LogP contribution in [-0.4, -0.2) is 19.5 Å². The summed E-state index contributed by atoms with van der Waals surface area (Å²) in [6.07, 6.45) is 6.95. The number of hydrogen-bond donors (Lipinski definition) is 0. The van der Waals surface area contributed by atoms with Crippen LogP contribution in [0.15, 0.2) is 18.2 Å². The molecule has 19 heavy (non-hydrogen) atoms. The number of rotatable bonds is 5. The summed E-state index contributed by atoms with van der Waals surface area (Å²) in [6.45, 7) is 2.23. The van der Waals surface area contributed by atoms with E-state index in [4.69, 9.17) is 9.47 Å². The lowest BCUT2D eigenvalue weighted by Crippen LogP contribution is -2.25. The molecule has 0 heterocycles. The minimum Gasteiger partial charge on any atom is -0.497 e. The summed E-state index contributed by atoms with van der Waals surface area (Å²) < 4.78 is 11.2. The predicted molar refractivity (Wildman–Crippen MR) is 75.0 cm³/mol. The first kappa shape index (κ1) is 13.9. The molecule has 3 nitrogen and oxygen atoms in total. The van der Waals surface area contributed by atoms with Crippen LogP contribution in [0.1, 0.15) is 49.4 Å². The van der Waals surface area contributed by atoms with Crippen LogP contribution in [0.2, 0.25) is 0 Å². The molecular formula is C16H22O3. The van der Waals surface area contributed by atoms with Crippen LogP contribution in [0.3, 0.4) is 0 Å². The highest BCUT2D eigenvalue weighted by Crippen LogP contribution is 2.32. The van der Waals surface area contributed by atoms with Gasteiger partial charge in [-0.05, 0) is 37.3 Å². The van der Waals surface area contributed by atoms with Gasteiger partial charge in [-0.3, -0.25) is 4.79 Å². The van der Waals surface area contributed by atoms with Gasteiger partial charge in [-0.1, -0.05) is 19.8 Å². The summed E-state index contributed by atoms with van der Waals surface area (Å²) in [4.78, 5) is 11.1. The van der Waals surface area contributed by atoms with E-state index in [2.05, 4.69) is 6.92 Å². The standard InChI is InChI=1S/C16H22O3/c1-3-12-5-4-6-15(9-12)19-16-10-14(18-2)8-7-13(16)11-17/h7-8,10-12,15H,3-6,9H2,1-2H3. The second-order valence-corrected chi connectivity index (χ2v) is 5.20. The Morgan fingerprint density at radius 1 is 1.37 bits per heavy atom. The molecule has 1 aromatic rings. The van der Waals surface area contributed by atoms with Gasteiger partial charge < -0.3 is 9.47 Å². The molecule has 3 heteroatoms. The molecule has 1 aliphatic rings. The maximum atomic E-state index is 11.1. The first-order valence-electron chi connectivity index (χ1n) is 7.06. The van der Waals surface area contributed by atoms with E-state index in [1.807, 2.05) is 0 Å². The summed E-state index contributed by atoms with van der Waals surface area (Å²) >= 11 is 0. The molecule has 104 valence electrons. The van der Waals surface area contributed by atoms with Gasteiger partial charge in [-0.25, -0.2) is 0 Å². The normalized spacial score (nSPS) is 22.8. The van der Waals surface area contributed by atoms with E-state index >= 15 is 0 Å². The third kappa shape index (κ3) is 3.49. The van der Waals surface area contributed by atoms with Gasteiger partial charge in [0.05, 0.1) is 18.8 Å². The molecule has 2 rings (SSSR count). The lowest BCUT2D eigenvalue weighted by atomic mass is 9.85. The van der Waals surface area contributed by atoms with E-state index in [1.54, 1.807) is 25.3 Å². The number of methoxy groups -OCH3 is 1. The number of aldehydes is 1. The molecule has 1 fully saturated rings. The van der Waals surface area contributed by atoms with E-state index < -0.39 is 0 Å². The molecule has 0 saturated heterocycles. The average Bonchev–Trinajstić information content (AvgIpc) is 2.47. The van der Waals surface area contributed by atoms with Gasteiger partial charge in [-0.15, -0.1) is 0 Å². The van der Waals surface area contributed by atoms with Crippen molar-refractivity contribution in [2.75, 3.05) is 7.11 Å². The molecule has 2 atom stereocenters. The summed E-state index contributed by atoms with van der Waals surface area (Å²) in [5.74, 6) is 2.13. The highest BCUT2D eigenvalue weighted by atomic mass is 16.5. The maximum absolute atomic E-state index is 11.1. The average molecular weight is 262 g/mol. The third-order valence-corrected chi connectivity index (χ3v) is 3.95. The number of carbonyl (C=O) groups is 1. The zero-order chi connectivity index (χ0) is 13.7. The van der Waals surface area contributed by atoms with Crippen LogP contribution >= 0.6 is 0 Å². The Labute approximate surface area is 114 Å². The minimum atomic E-state index is 0.226. The quantitative estimate of drug-likeness (QED) is 0.756. The van der Waals surface area contributed by atoms with Crippen molar-refractivity contribution in [2.24, 2.45) is 5.92 Å². The van der Waals surface area contributed by atoms with Crippen molar-refractivity contribution in [3.05, 3.63) is 23.8 Å². The third-order valence-electron chi connectivity index (χ3n) is 3.95. The van der Waals surface area contributed by atoms with Crippen molar-refractivity contribution in [3.63, 3.8) is 0 Å². The second kappa shape index (κ2) is 6.60. The Morgan fingerprint density at radius 2 is 2.21 bits per heavy atom. The number of ether oxygens (including phenoxy) is 2. The van der Waals surface area contributed by atoms with Crippen LogP contribution in [0.5, 0.6) is 11.5 Å². The lowest BCUT2D eigenvalue weighted by Gasteiger charge is -2.29. The first-order valence-corrected chi connectivity index (χ1v) is 7.06. The SMILES string of the molecule is CCC1CCCC(Oc2cc(OC)ccc2C=O)C1. The van der Waals surface area contributed by atoms with E-state index in [9.17, 15) is 4.79 Å². The monoisotopic (exact) mass is 262 g/mol. The molecule has 1 saturated carbocycles. The predicted octanol–water partition coefficient (Wildman–Crippen LogP) is 3.86. The fourth-order valence-electron chi connectivity index (χ4n) is 2.74. The van der Waals surface area contributed by atoms with Crippen molar-refractivity contribution in [1.29, 1.82) is 0 Å². The lowest BCUT2D eigenvalue weighted by molar-refractivity contribution is 0.108. The fraction of sp³-hybridized carbons (Fsp3) is 0.562. The zero-order valence-corrected chi connectivity index (χ0v) is 11.7. The molecule has 2 unspecified atom stereocenters. The smallest absolute Gasteiger partial charge is 0.153 e. The van der Waals surface area contributed by atoms with Gasteiger partial charge in [0.2, 0.25) is 0 Å². The Morgan fingerprint density at radius 3 is 2.89 bits per heavy atom. The number of benzene rings is 1. The minimum absolute atomic E-state index is 0.226. The van der Waals surface area contributed by atoms with E-state index in [0.29, 0.717) is 11.3 Å². The first-order chi connectivity index (χ1) is 9.26. The Hall–Kier alpha value is -1.51. The molecule has 0 spiro atoms. The molecular weight excluding hydrogens is 240 g/mol. The van der Waals surface area contributed by atoms with E-state index in [-0.39, 0.29) is 6.10 Å². The number of hydrogen-bond acceptors (Lipinski definition) is 3. The van der Waals surface area contributed by atoms with Crippen molar-refractivity contribution >= 4 is 6.29 Å². The molecule has 0 aliphatic heterocycles. The molecule has 0 amide bonds. The fourth-order valence-corrected chi connectivity index (χ4v) is 2.74. The molecule has 0 aromatic heterocycles. The van der Waals surface area contributed by atoms with Gasteiger partial charge in [0.1, 0.15) is 11.5 Å². The molecule has 1 aliphatic carbocycles. The van der Waals surface area contributed by atoms with Crippen molar-refractivity contribution in [3.8, 4) is 11.5 Å². The molecule has 0 radical (unpaired) electrons. The summed E-state index contributed by atoms with van der Waals surface area (Å²) in [5.41, 5.74) is 0.597. The summed E-state index contributed by atoms with van der Waals surface area (Å²) in [6, 6.07) is 5.34. The van der Waals surface area contributed by atoms with Gasteiger partial charge >= 0.3 is 0 Å². The van der Waals surface area contributed by atoms with Gasteiger partial charge in [-0.2, -0.15) is 0 Å². The van der Waals surface area contributed by atoms with Crippen molar-refractivity contribution in [1.82, 2.24) is 0 Å².